The van der Waals surface area contributed by atoms with Gasteiger partial charge in [-0.05, 0) is 24.8 Å². The van der Waals surface area contributed by atoms with Crippen LogP contribution in [0, 0.1) is 0 Å². The van der Waals surface area contributed by atoms with Crippen LogP contribution in [-0.4, -0.2) is 12.7 Å². The molecule has 0 spiro atoms. The van der Waals surface area contributed by atoms with Gasteiger partial charge in [-0.25, -0.2) is 4.79 Å². The third-order valence-electron chi connectivity index (χ3n) is 1.86. The van der Waals surface area contributed by atoms with Gasteiger partial charge in [0.05, 0.1) is 12.6 Å². The minimum atomic E-state index is -0.340. The van der Waals surface area contributed by atoms with Crippen molar-refractivity contribution in [2.24, 2.45) is 0 Å². The monoisotopic (exact) mass is 213 g/mol. The fourth-order valence-electron chi connectivity index (χ4n) is 1.18. The van der Waals surface area contributed by atoms with Crippen LogP contribution in [0.25, 0.3) is 0 Å². The summed E-state index contributed by atoms with van der Waals surface area (Å²) in [7, 11) is 0. The summed E-state index contributed by atoms with van der Waals surface area (Å²) in [5, 5.41) is 4.82. The second kappa shape index (κ2) is 5.65. The molecule has 1 atom stereocenters. The molecule has 0 aliphatic carbocycles. The number of thiophene rings is 1. The van der Waals surface area contributed by atoms with Gasteiger partial charge >= 0.3 is 6.09 Å². The topological polar surface area (TPSA) is 38.3 Å². The molecule has 1 aromatic rings. The van der Waals surface area contributed by atoms with Crippen LogP contribution in [0.5, 0.6) is 0 Å². The highest BCUT2D eigenvalue weighted by atomic mass is 32.1. The lowest BCUT2D eigenvalue weighted by atomic mass is 10.2. The van der Waals surface area contributed by atoms with E-state index in [1.807, 2.05) is 24.4 Å². The molecule has 0 radical (unpaired) electrons. The maximum atomic E-state index is 11.2. The molecular formula is C10H15NO2S. The average Bonchev–Trinajstić information content (AvgIpc) is 2.67. The molecule has 1 N–H and O–H groups in total. The first-order chi connectivity index (χ1) is 6.77. The predicted octanol–water partition coefficient (Wildman–Crippen LogP) is 2.95. The third kappa shape index (κ3) is 3.03. The summed E-state index contributed by atoms with van der Waals surface area (Å²) in [5.74, 6) is 0. The lowest BCUT2D eigenvalue weighted by Gasteiger charge is -2.14. The number of alkyl carbamates (subject to hydrolysis) is 1. The van der Waals surface area contributed by atoms with E-state index in [2.05, 4.69) is 5.32 Å². The summed E-state index contributed by atoms with van der Waals surface area (Å²) in [6.45, 7) is 4.25. The molecule has 0 aliphatic heterocycles. The molecule has 0 aromatic carbocycles. The molecule has 0 fully saturated rings. The predicted molar refractivity (Wildman–Crippen MR) is 57.5 cm³/mol. The molecule has 3 nitrogen and oxygen atoms in total. The van der Waals surface area contributed by atoms with Crippen LogP contribution in [0.2, 0.25) is 0 Å². The zero-order valence-electron chi connectivity index (χ0n) is 8.45. The number of amides is 1. The molecule has 0 bridgehead atoms. The molecule has 0 saturated carbocycles. The molecule has 1 rings (SSSR count). The van der Waals surface area contributed by atoms with Crippen LogP contribution in [-0.2, 0) is 4.74 Å². The number of rotatable bonds is 4. The van der Waals surface area contributed by atoms with Crippen molar-refractivity contribution in [2.75, 3.05) is 6.61 Å². The van der Waals surface area contributed by atoms with Gasteiger partial charge in [-0.3, -0.25) is 0 Å². The molecule has 1 aromatic heterocycles. The van der Waals surface area contributed by atoms with Gasteiger partial charge in [-0.1, -0.05) is 13.0 Å². The van der Waals surface area contributed by atoms with E-state index in [0.717, 1.165) is 6.42 Å². The lowest BCUT2D eigenvalue weighted by molar-refractivity contribution is 0.148. The Morgan fingerprint density at radius 2 is 2.43 bits per heavy atom. The van der Waals surface area contributed by atoms with Gasteiger partial charge in [-0.15, -0.1) is 11.3 Å². The SMILES string of the molecule is CCOC(=O)NC(CC)c1cccs1. The molecule has 14 heavy (non-hydrogen) atoms. The summed E-state index contributed by atoms with van der Waals surface area (Å²) in [6, 6.07) is 4.08. The fraction of sp³-hybridized carbons (Fsp3) is 0.500. The minimum Gasteiger partial charge on any atom is -0.450 e. The molecule has 1 unspecified atom stereocenters. The lowest BCUT2D eigenvalue weighted by Crippen LogP contribution is -2.28. The Bertz CT molecular complexity index is 272. The zero-order chi connectivity index (χ0) is 10.4. The molecule has 78 valence electrons. The molecular weight excluding hydrogens is 198 g/mol. The largest absolute Gasteiger partial charge is 0.450 e. The van der Waals surface area contributed by atoms with E-state index in [4.69, 9.17) is 4.74 Å². The van der Waals surface area contributed by atoms with E-state index in [1.165, 1.54) is 4.88 Å². The summed E-state index contributed by atoms with van der Waals surface area (Å²) in [6.07, 6.45) is 0.534. The van der Waals surface area contributed by atoms with Gasteiger partial charge in [0.2, 0.25) is 0 Å². The molecule has 1 amide bonds. The Labute approximate surface area is 88.1 Å². The van der Waals surface area contributed by atoms with E-state index in [1.54, 1.807) is 18.3 Å². The summed E-state index contributed by atoms with van der Waals surface area (Å²) < 4.78 is 4.83. The van der Waals surface area contributed by atoms with Crippen LogP contribution < -0.4 is 5.32 Å². The fourth-order valence-corrected chi connectivity index (χ4v) is 2.04. The van der Waals surface area contributed by atoms with Crippen LogP contribution in [0.1, 0.15) is 31.2 Å². The molecule has 0 aliphatic rings. The maximum Gasteiger partial charge on any atom is 0.407 e. The number of hydrogen-bond acceptors (Lipinski definition) is 3. The average molecular weight is 213 g/mol. The zero-order valence-corrected chi connectivity index (χ0v) is 9.26. The smallest absolute Gasteiger partial charge is 0.407 e. The van der Waals surface area contributed by atoms with Crippen molar-refractivity contribution >= 4 is 17.4 Å². The molecule has 1 heterocycles. The number of carbonyl (C=O) groups excluding carboxylic acids is 1. The summed E-state index contributed by atoms with van der Waals surface area (Å²) in [5.41, 5.74) is 0. The number of ether oxygens (including phenoxy) is 1. The number of hydrogen-bond donors (Lipinski definition) is 1. The Kier molecular flexibility index (Phi) is 4.46. The molecule has 4 heteroatoms. The van der Waals surface area contributed by atoms with E-state index < -0.39 is 0 Å². The Morgan fingerprint density at radius 1 is 1.64 bits per heavy atom. The standard InChI is InChI=1S/C10H15NO2S/c1-3-8(9-6-5-7-14-9)11-10(12)13-4-2/h5-8H,3-4H2,1-2H3,(H,11,12). The van der Waals surface area contributed by atoms with Crippen molar-refractivity contribution < 1.29 is 9.53 Å². The molecule has 0 saturated heterocycles. The Balaban J connectivity index is 2.51. The van der Waals surface area contributed by atoms with Crippen molar-refractivity contribution in [3.63, 3.8) is 0 Å². The Hall–Kier alpha value is -1.03. The second-order valence-corrected chi connectivity index (χ2v) is 3.82. The van der Waals surface area contributed by atoms with Crippen molar-refractivity contribution in [3.05, 3.63) is 22.4 Å². The highest BCUT2D eigenvalue weighted by molar-refractivity contribution is 7.10. The van der Waals surface area contributed by atoms with Crippen LogP contribution in [0.15, 0.2) is 17.5 Å². The number of nitrogens with one attached hydrogen (secondary N) is 1. The Morgan fingerprint density at radius 3 is 2.93 bits per heavy atom. The van der Waals surface area contributed by atoms with Gasteiger partial charge in [0, 0.05) is 4.88 Å². The van der Waals surface area contributed by atoms with E-state index >= 15 is 0 Å². The highest BCUT2D eigenvalue weighted by Crippen LogP contribution is 2.21. The van der Waals surface area contributed by atoms with Crippen LogP contribution in [0.3, 0.4) is 0 Å². The first kappa shape index (κ1) is 11.0. The van der Waals surface area contributed by atoms with Crippen LogP contribution >= 0.6 is 11.3 Å². The van der Waals surface area contributed by atoms with Gasteiger partial charge in [0.1, 0.15) is 0 Å². The van der Waals surface area contributed by atoms with E-state index in [0.29, 0.717) is 6.61 Å². The van der Waals surface area contributed by atoms with Gasteiger partial charge in [-0.2, -0.15) is 0 Å². The first-order valence-corrected chi connectivity index (χ1v) is 5.62. The normalized spacial score (nSPS) is 12.1. The van der Waals surface area contributed by atoms with E-state index in [9.17, 15) is 4.79 Å². The van der Waals surface area contributed by atoms with Gasteiger partial charge < -0.3 is 10.1 Å². The van der Waals surface area contributed by atoms with E-state index in [-0.39, 0.29) is 12.1 Å². The minimum absolute atomic E-state index is 0.0778. The maximum absolute atomic E-state index is 11.2. The van der Waals surface area contributed by atoms with Crippen molar-refractivity contribution in [1.29, 1.82) is 0 Å². The van der Waals surface area contributed by atoms with Gasteiger partial charge in [0.25, 0.3) is 0 Å². The van der Waals surface area contributed by atoms with Crippen LogP contribution in [0.4, 0.5) is 4.79 Å². The first-order valence-electron chi connectivity index (χ1n) is 4.74. The van der Waals surface area contributed by atoms with Gasteiger partial charge in [0.15, 0.2) is 0 Å². The highest BCUT2D eigenvalue weighted by Gasteiger charge is 2.13. The quantitative estimate of drug-likeness (QED) is 0.835. The summed E-state index contributed by atoms with van der Waals surface area (Å²) >= 11 is 1.65. The number of carbonyl (C=O) groups is 1. The summed E-state index contributed by atoms with van der Waals surface area (Å²) in [4.78, 5) is 12.3. The second-order valence-electron chi connectivity index (χ2n) is 2.84. The van der Waals surface area contributed by atoms with Crippen molar-refractivity contribution in [3.8, 4) is 0 Å². The van der Waals surface area contributed by atoms with Crippen molar-refractivity contribution in [1.82, 2.24) is 5.32 Å². The van der Waals surface area contributed by atoms with Crippen molar-refractivity contribution in [2.45, 2.75) is 26.3 Å². The third-order valence-corrected chi connectivity index (χ3v) is 2.85.